The monoisotopic (exact) mass is 471 g/mol. The summed E-state index contributed by atoms with van der Waals surface area (Å²) in [5, 5.41) is 6.85. The second kappa shape index (κ2) is 8.50. The molecule has 1 aliphatic carbocycles. The average molecular weight is 471 g/mol. The van der Waals surface area contributed by atoms with Crippen molar-refractivity contribution in [1.29, 1.82) is 0 Å². The predicted octanol–water partition coefficient (Wildman–Crippen LogP) is 1.41. The van der Waals surface area contributed by atoms with Crippen molar-refractivity contribution in [2.24, 2.45) is 5.92 Å². The summed E-state index contributed by atoms with van der Waals surface area (Å²) in [6, 6.07) is 4.20. The fourth-order valence-corrected chi connectivity index (χ4v) is 4.42. The Bertz CT molecular complexity index is 1260. The molecule has 10 nitrogen and oxygen atoms in total. The van der Waals surface area contributed by atoms with E-state index < -0.39 is 30.2 Å². The molecule has 0 unspecified atom stereocenters. The molecule has 0 bridgehead atoms. The van der Waals surface area contributed by atoms with E-state index >= 15 is 0 Å². The van der Waals surface area contributed by atoms with Crippen molar-refractivity contribution < 1.29 is 23.1 Å². The van der Waals surface area contributed by atoms with E-state index in [4.69, 9.17) is 10.5 Å². The van der Waals surface area contributed by atoms with E-state index in [1.54, 1.807) is 22.7 Å². The number of halogens is 2. The third-order valence-electron chi connectivity index (χ3n) is 6.37. The number of rotatable bonds is 5. The number of ether oxygens (including phenoxy) is 1. The van der Waals surface area contributed by atoms with Crippen LogP contribution in [0.4, 0.5) is 14.6 Å². The maximum absolute atomic E-state index is 14.7. The number of nitrogens with zero attached hydrogens (tertiary/aromatic N) is 5. The second-order valence-corrected chi connectivity index (χ2v) is 8.55. The number of carbonyl (C=O) groups is 2. The van der Waals surface area contributed by atoms with Crippen LogP contribution in [0.15, 0.2) is 30.7 Å². The van der Waals surface area contributed by atoms with Crippen LogP contribution in [0.5, 0.6) is 5.88 Å². The first kappa shape index (κ1) is 22.0. The summed E-state index contributed by atoms with van der Waals surface area (Å²) < 4.78 is 34.6. The van der Waals surface area contributed by atoms with Gasteiger partial charge in [-0.05, 0) is 31.0 Å². The summed E-state index contributed by atoms with van der Waals surface area (Å²) in [7, 11) is 1.38. The van der Waals surface area contributed by atoms with Gasteiger partial charge in [-0.1, -0.05) is 0 Å². The van der Waals surface area contributed by atoms with E-state index in [0.717, 1.165) is 0 Å². The van der Waals surface area contributed by atoms with E-state index in [-0.39, 0.29) is 43.3 Å². The molecule has 2 atom stereocenters. The minimum atomic E-state index is -1.44. The lowest BCUT2D eigenvalue weighted by Crippen LogP contribution is -2.44. The number of anilines is 1. The summed E-state index contributed by atoms with van der Waals surface area (Å²) in [5.74, 6) is -0.890. The minimum Gasteiger partial charge on any atom is -0.480 e. The Morgan fingerprint density at radius 1 is 1.21 bits per heavy atom. The van der Waals surface area contributed by atoms with Crippen LogP contribution >= 0.6 is 0 Å². The highest BCUT2D eigenvalue weighted by atomic mass is 19.1. The summed E-state index contributed by atoms with van der Waals surface area (Å²) in [4.78, 5) is 35.1. The van der Waals surface area contributed by atoms with Crippen molar-refractivity contribution in [1.82, 2.24) is 29.8 Å². The van der Waals surface area contributed by atoms with E-state index in [9.17, 15) is 18.4 Å². The number of hydrogen-bond acceptors (Lipinski definition) is 7. The molecule has 2 aliphatic rings. The average Bonchev–Trinajstić information content (AvgIpc) is 3.40. The minimum absolute atomic E-state index is 0.0220. The highest BCUT2D eigenvalue weighted by molar-refractivity contribution is 5.98. The number of carbonyl (C=O) groups excluding carboxylic acids is 2. The third-order valence-corrected chi connectivity index (χ3v) is 6.37. The quantitative estimate of drug-likeness (QED) is 0.576. The van der Waals surface area contributed by atoms with Crippen molar-refractivity contribution in [3.63, 3.8) is 0 Å². The number of pyridine rings is 1. The number of alkyl halides is 2. The normalized spacial score (nSPS) is 24.1. The maximum Gasteiger partial charge on any atom is 0.257 e. The van der Waals surface area contributed by atoms with Gasteiger partial charge in [0.1, 0.15) is 29.8 Å². The molecule has 2 amide bonds. The van der Waals surface area contributed by atoms with Crippen LogP contribution in [0.1, 0.15) is 23.2 Å². The van der Waals surface area contributed by atoms with E-state index in [2.05, 4.69) is 20.4 Å². The molecule has 178 valence electrons. The smallest absolute Gasteiger partial charge is 0.257 e. The van der Waals surface area contributed by atoms with Gasteiger partial charge >= 0.3 is 0 Å². The Kier molecular flexibility index (Phi) is 5.50. The number of aromatic nitrogens is 4. The lowest BCUT2D eigenvalue weighted by atomic mass is 9.82. The number of nitrogens with one attached hydrogen (secondary N) is 1. The lowest BCUT2D eigenvalue weighted by Gasteiger charge is -2.31. The molecule has 1 saturated carbocycles. The van der Waals surface area contributed by atoms with Gasteiger partial charge < -0.3 is 20.7 Å². The van der Waals surface area contributed by atoms with Gasteiger partial charge in [0.05, 0.1) is 25.4 Å². The topological polar surface area (TPSA) is 128 Å². The number of amides is 2. The first-order chi connectivity index (χ1) is 16.4. The Morgan fingerprint density at radius 2 is 2.00 bits per heavy atom. The number of methoxy groups -OCH3 is 1. The third kappa shape index (κ3) is 3.78. The zero-order chi connectivity index (χ0) is 24.0. The summed E-state index contributed by atoms with van der Waals surface area (Å²) in [5.41, 5.74) is 7.79. The van der Waals surface area contributed by atoms with Gasteiger partial charge in [-0.2, -0.15) is 5.10 Å². The summed E-state index contributed by atoms with van der Waals surface area (Å²) in [6.07, 6.45) is 0.780. The molecule has 3 N–H and O–H groups in total. The number of fused-ring (bicyclic) bond motifs is 1. The molecule has 5 rings (SSSR count). The highest BCUT2D eigenvalue weighted by Crippen LogP contribution is 2.33. The van der Waals surface area contributed by atoms with Gasteiger partial charge in [-0.3, -0.25) is 9.59 Å². The lowest BCUT2D eigenvalue weighted by molar-refractivity contribution is -0.139. The zero-order valence-corrected chi connectivity index (χ0v) is 18.3. The summed E-state index contributed by atoms with van der Waals surface area (Å²) in [6.45, 7) is -0.113. The maximum atomic E-state index is 14.7. The van der Waals surface area contributed by atoms with Crippen molar-refractivity contribution in [2.45, 2.75) is 31.2 Å². The van der Waals surface area contributed by atoms with Crippen LogP contribution in [-0.2, 0) is 4.79 Å². The van der Waals surface area contributed by atoms with Crippen molar-refractivity contribution in [3.8, 4) is 17.1 Å². The van der Waals surface area contributed by atoms with Crippen molar-refractivity contribution >= 4 is 23.1 Å². The SMILES string of the molecule is COc1ncc(-c2ccc3c(N)ncnn23)cc1C(=O)N[C@@H]1CN(C(=O)C2CC(F)C2)C[C@@H]1F. The number of likely N-dealkylation sites (tertiary alicyclic amines) is 1. The standard InChI is InChI=1S/C22H23F2N7O3/c1-34-21-14(6-12(7-26-21)17-2-3-18-19(25)27-10-28-31(17)18)20(32)29-16-9-30(8-15(16)24)22(33)11-4-13(23)5-11/h2-3,6-7,10-11,13,15-16H,4-5,8-9H2,1H3,(H,29,32)(H2,25,27,28)/t11?,13?,15-,16+/m0/s1. The van der Waals surface area contributed by atoms with Crippen LogP contribution in [0.3, 0.4) is 0 Å². The van der Waals surface area contributed by atoms with Gasteiger partial charge in [-0.25, -0.2) is 23.3 Å². The van der Waals surface area contributed by atoms with Crippen LogP contribution in [0, 0.1) is 5.92 Å². The molecular formula is C22H23F2N7O3. The van der Waals surface area contributed by atoms with Gasteiger partial charge in [0.15, 0.2) is 5.82 Å². The van der Waals surface area contributed by atoms with Crippen molar-refractivity contribution in [2.75, 3.05) is 25.9 Å². The van der Waals surface area contributed by atoms with Crippen LogP contribution in [0.25, 0.3) is 16.8 Å². The van der Waals surface area contributed by atoms with E-state index in [1.807, 2.05) is 0 Å². The number of nitrogen functional groups attached to an aromatic ring is 1. The first-order valence-electron chi connectivity index (χ1n) is 10.9. The molecule has 34 heavy (non-hydrogen) atoms. The van der Waals surface area contributed by atoms with Crippen molar-refractivity contribution in [3.05, 3.63) is 36.3 Å². The van der Waals surface area contributed by atoms with E-state index in [1.165, 1.54) is 24.5 Å². The second-order valence-electron chi connectivity index (χ2n) is 8.55. The van der Waals surface area contributed by atoms with E-state index in [0.29, 0.717) is 22.6 Å². The Morgan fingerprint density at radius 3 is 2.74 bits per heavy atom. The number of hydrogen-bond donors (Lipinski definition) is 2. The zero-order valence-electron chi connectivity index (χ0n) is 18.3. The largest absolute Gasteiger partial charge is 0.480 e. The molecule has 0 radical (unpaired) electrons. The Labute approximate surface area is 193 Å². The highest BCUT2D eigenvalue weighted by Gasteiger charge is 2.42. The Hall–Kier alpha value is -3.83. The fraction of sp³-hybridized carbons (Fsp3) is 0.409. The molecule has 1 saturated heterocycles. The van der Waals surface area contributed by atoms with Gasteiger partial charge in [0.25, 0.3) is 5.91 Å². The van der Waals surface area contributed by atoms with Gasteiger partial charge in [-0.15, -0.1) is 0 Å². The molecule has 3 aromatic rings. The molecule has 2 fully saturated rings. The molecule has 0 spiro atoms. The number of nitrogens with two attached hydrogens (primary N) is 1. The summed E-state index contributed by atoms with van der Waals surface area (Å²) >= 11 is 0. The molecule has 12 heteroatoms. The molecule has 1 aliphatic heterocycles. The van der Waals surface area contributed by atoms with Crippen LogP contribution in [-0.4, -0.2) is 74.9 Å². The predicted molar refractivity (Wildman–Crippen MR) is 118 cm³/mol. The first-order valence-corrected chi connectivity index (χ1v) is 10.9. The molecular weight excluding hydrogens is 448 g/mol. The molecule has 4 heterocycles. The molecule has 3 aromatic heterocycles. The fourth-order valence-electron chi connectivity index (χ4n) is 4.42. The van der Waals surface area contributed by atoms with Crippen LogP contribution < -0.4 is 15.8 Å². The molecule has 0 aromatic carbocycles. The van der Waals surface area contributed by atoms with Gasteiger partial charge in [0, 0.05) is 24.2 Å². The Balaban J connectivity index is 1.36. The van der Waals surface area contributed by atoms with Gasteiger partial charge in [0.2, 0.25) is 11.8 Å². The van der Waals surface area contributed by atoms with Crippen LogP contribution in [0.2, 0.25) is 0 Å².